The Hall–Kier alpha value is -2.90. The molecule has 3 aromatic heterocycles. The predicted molar refractivity (Wildman–Crippen MR) is 97.5 cm³/mol. The maximum atomic E-state index is 12.7. The van der Waals surface area contributed by atoms with Crippen molar-refractivity contribution in [1.82, 2.24) is 28.5 Å². The van der Waals surface area contributed by atoms with Gasteiger partial charge in [-0.3, -0.25) is 18.6 Å². The van der Waals surface area contributed by atoms with Crippen LogP contribution in [0.3, 0.4) is 0 Å². The standard InChI is InChI=1S/C17H22N6O2/c1-6-22-15-14(16(24)23(7-2)17(22)25)21(5)13(18-15)9-8-12-10-20(4)19-11(12)3/h8-10H,6-7H2,1-5H3. The largest absolute Gasteiger partial charge is 0.332 e. The highest BCUT2D eigenvalue weighted by Crippen LogP contribution is 2.14. The number of hydrogen-bond acceptors (Lipinski definition) is 4. The van der Waals surface area contributed by atoms with Crippen molar-refractivity contribution >= 4 is 23.3 Å². The summed E-state index contributed by atoms with van der Waals surface area (Å²) in [6, 6.07) is 0. The molecule has 132 valence electrons. The maximum Gasteiger partial charge on any atom is 0.332 e. The van der Waals surface area contributed by atoms with Gasteiger partial charge in [-0.2, -0.15) is 5.10 Å². The Bertz CT molecular complexity index is 1090. The monoisotopic (exact) mass is 342 g/mol. The molecule has 0 radical (unpaired) electrons. The molecule has 8 nitrogen and oxygen atoms in total. The summed E-state index contributed by atoms with van der Waals surface area (Å²) in [7, 11) is 3.66. The molecular weight excluding hydrogens is 320 g/mol. The first-order valence-corrected chi connectivity index (χ1v) is 8.27. The van der Waals surface area contributed by atoms with E-state index in [-0.39, 0.29) is 11.2 Å². The van der Waals surface area contributed by atoms with Gasteiger partial charge >= 0.3 is 5.69 Å². The molecule has 3 aromatic rings. The molecule has 0 unspecified atom stereocenters. The topological polar surface area (TPSA) is 79.6 Å². The Labute approximate surface area is 144 Å². The lowest BCUT2D eigenvalue weighted by atomic mass is 10.2. The van der Waals surface area contributed by atoms with E-state index in [0.29, 0.717) is 30.1 Å². The Morgan fingerprint density at radius 2 is 1.76 bits per heavy atom. The summed E-state index contributed by atoms with van der Waals surface area (Å²) in [5.41, 5.74) is 2.13. The van der Waals surface area contributed by atoms with Crippen LogP contribution < -0.4 is 11.2 Å². The summed E-state index contributed by atoms with van der Waals surface area (Å²) in [5.74, 6) is 0.616. The molecule has 8 heteroatoms. The van der Waals surface area contributed by atoms with Crippen molar-refractivity contribution in [2.45, 2.75) is 33.9 Å². The lowest BCUT2D eigenvalue weighted by Crippen LogP contribution is -2.39. The molecule has 3 rings (SSSR count). The quantitative estimate of drug-likeness (QED) is 0.712. The van der Waals surface area contributed by atoms with Crippen LogP contribution in [0.4, 0.5) is 0 Å². The number of hydrogen-bond donors (Lipinski definition) is 0. The molecule has 0 saturated heterocycles. The van der Waals surface area contributed by atoms with E-state index in [1.54, 1.807) is 23.2 Å². The number of imidazole rings is 1. The molecule has 0 aromatic carbocycles. The molecule has 25 heavy (non-hydrogen) atoms. The van der Waals surface area contributed by atoms with Gasteiger partial charge in [-0.15, -0.1) is 0 Å². The third kappa shape index (κ3) is 2.63. The summed E-state index contributed by atoms with van der Waals surface area (Å²) in [4.78, 5) is 29.7. The summed E-state index contributed by atoms with van der Waals surface area (Å²) >= 11 is 0. The summed E-state index contributed by atoms with van der Waals surface area (Å²) < 4.78 is 6.26. The van der Waals surface area contributed by atoms with Gasteiger partial charge in [0, 0.05) is 38.9 Å². The van der Waals surface area contributed by atoms with Crippen LogP contribution in [0.15, 0.2) is 15.8 Å². The van der Waals surface area contributed by atoms with Crippen LogP contribution in [0, 0.1) is 6.92 Å². The van der Waals surface area contributed by atoms with Crippen LogP contribution in [-0.2, 0) is 27.2 Å². The predicted octanol–water partition coefficient (Wildman–Crippen LogP) is 1.15. The van der Waals surface area contributed by atoms with E-state index in [9.17, 15) is 9.59 Å². The number of nitrogens with zero attached hydrogens (tertiary/aromatic N) is 6. The molecular formula is C17H22N6O2. The van der Waals surface area contributed by atoms with Crippen LogP contribution >= 0.6 is 0 Å². The molecule has 0 N–H and O–H groups in total. The molecule has 3 heterocycles. The molecule has 0 atom stereocenters. The molecule has 0 aliphatic heterocycles. The Kier molecular flexibility index (Phi) is 4.20. The van der Waals surface area contributed by atoms with Crippen LogP contribution in [0.25, 0.3) is 23.3 Å². The minimum atomic E-state index is -0.320. The highest BCUT2D eigenvalue weighted by molar-refractivity contribution is 5.76. The van der Waals surface area contributed by atoms with E-state index in [1.807, 2.05) is 39.2 Å². The number of aromatic nitrogens is 6. The van der Waals surface area contributed by atoms with Gasteiger partial charge in [0.15, 0.2) is 11.2 Å². The smallest absolute Gasteiger partial charge is 0.322 e. The van der Waals surface area contributed by atoms with E-state index in [2.05, 4.69) is 10.1 Å². The lowest BCUT2D eigenvalue weighted by molar-refractivity contribution is 0.604. The highest BCUT2D eigenvalue weighted by Gasteiger charge is 2.17. The summed E-state index contributed by atoms with van der Waals surface area (Å²) in [5, 5.41) is 4.30. The fourth-order valence-electron chi connectivity index (χ4n) is 3.04. The molecule has 0 bridgehead atoms. The van der Waals surface area contributed by atoms with Crippen molar-refractivity contribution in [1.29, 1.82) is 0 Å². The normalized spacial score (nSPS) is 11.9. The van der Waals surface area contributed by atoms with Crippen LogP contribution in [0.5, 0.6) is 0 Å². The molecule has 0 spiro atoms. The fourth-order valence-corrected chi connectivity index (χ4v) is 3.04. The van der Waals surface area contributed by atoms with E-state index in [4.69, 9.17) is 0 Å². The molecule has 0 aliphatic carbocycles. The second-order valence-corrected chi connectivity index (χ2v) is 5.95. The van der Waals surface area contributed by atoms with Gasteiger partial charge in [0.1, 0.15) is 5.82 Å². The van der Waals surface area contributed by atoms with Gasteiger partial charge in [-0.05, 0) is 32.9 Å². The van der Waals surface area contributed by atoms with Crippen LogP contribution in [-0.4, -0.2) is 28.5 Å². The minimum Gasteiger partial charge on any atom is -0.322 e. The lowest BCUT2D eigenvalue weighted by Gasteiger charge is -2.08. The van der Waals surface area contributed by atoms with E-state index in [1.165, 1.54) is 9.13 Å². The number of fused-ring (bicyclic) bond motifs is 1. The third-order valence-corrected chi connectivity index (χ3v) is 4.37. The van der Waals surface area contributed by atoms with Gasteiger partial charge < -0.3 is 4.57 Å². The van der Waals surface area contributed by atoms with E-state index >= 15 is 0 Å². The first-order valence-electron chi connectivity index (χ1n) is 8.27. The Morgan fingerprint density at radius 3 is 2.32 bits per heavy atom. The van der Waals surface area contributed by atoms with Crippen molar-refractivity contribution < 1.29 is 0 Å². The highest BCUT2D eigenvalue weighted by atomic mass is 16.2. The SMILES string of the molecule is CCn1c(=O)c2c(nc(C=Cc3cn(C)nc3C)n2C)n(CC)c1=O. The zero-order valence-corrected chi connectivity index (χ0v) is 15.1. The number of aryl methyl sites for hydroxylation is 4. The van der Waals surface area contributed by atoms with Gasteiger partial charge in [0.05, 0.1) is 5.69 Å². The minimum absolute atomic E-state index is 0.306. The van der Waals surface area contributed by atoms with Gasteiger partial charge in [-0.25, -0.2) is 9.78 Å². The maximum absolute atomic E-state index is 12.7. The second-order valence-electron chi connectivity index (χ2n) is 5.95. The average Bonchev–Trinajstić information content (AvgIpc) is 3.05. The molecule has 0 saturated carbocycles. The third-order valence-electron chi connectivity index (χ3n) is 4.37. The van der Waals surface area contributed by atoms with E-state index < -0.39 is 0 Å². The van der Waals surface area contributed by atoms with Gasteiger partial charge in [-0.1, -0.05) is 0 Å². The zero-order chi connectivity index (χ0) is 18.3. The second kappa shape index (κ2) is 6.19. The first kappa shape index (κ1) is 16.9. The summed E-state index contributed by atoms with van der Waals surface area (Å²) in [6.07, 6.45) is 5.67. The zero-order valence-electron chi connectivity index (χ0n) is 15.1. The van der Waals surface area contributed by atoms with Crippen LogP contribution in [0.1, 0.15) is 30.9 Å². The van der Waals surface area contributed by atoms with Crippen molar-refractivity contribution in [2.24, 2.45) is 14.1 Å². The van der Waals surface area contributed by atoms with Gasteiger partial charge in [0.25, 0.3) is 5.56 Å². The fraction of sp³-hybridized carbons (Fsp3) is 0.412. The van der Waals surface area contributed by atoms with E-state index in [0.717, 1.165) is 11.3 Å². The molecule has 0 fully saturated rings. The Balaban J connectivity index is 2.23. The molecule has 0 amide bonds. The van der Waals surface area contributed by atoms with Crippen molar-refractivity contribution in [3.8, 4) is 0 Å². The van der Waals surface area contributed by atoms with Crippen LogP contribution in [0.2, 0.25) is 0 Å². The molecule has 0 aliphatic rings. The average molecular weight is 342 g/mol. The number of rotatable bonds is 4. The van der Waals surface area contributed by atoms with Crippen molar-refractivity contribution in [3.63, 3.8) is 0 Å². The van der Waals surface area contributed by atoms with Crippen molar-refractivity contribution in [3.05, 3.63) is 44.1 Å². The first-order chi connectivity index (χ1) is 11.9. The Morgan fingerprint density at radius 1 is 1.08 bits per heavy atom. The van der Waals surface area contributed by atoms with Gasteiger partial charge in [0.2, 0.25) is 0 Å². The van der Waals surface area contributed by atoms with Crippen molar-refractivity contribution in [2.75, 3.05) is 0 Å². The summed E-state index contributed by atoms with van der Waals surface area (Å²) in [6.45, 7) is 6.38.